The van der Waals surface area contributed by atoms with Crippen LogP contribution in [0.2, 0.25) is 0 Å². The lowest BCUT2D eigenvalue weighted by Gasteiger charge is -2.65. The molecule has 5 aliphatic rings. The molecule has 3 nitrogen and oxygen atoms in total. The molecule has 1 saturated heterocycles. The second kappa shape index (κ2) is 7.43. The minimum atomic E-state index is -0.329. The SMILES string of the molecule is CC(C)=C[C@H](O)C[C@@H](C)[C@H]1CC[C@@]2(C)[C@@H]3C=C[C@]45OCC3(CC[C@]12C)[C@@H]4CC[C@H](O)C5(C)C. The van der Waals surface area contributed by atoms with Gasteiger partial charge >= 0.3 is 0 Å². The van der Waals surface area contributed by atoms with Crippen LogP contribution in [0, 0.1) is 45.3 Å². The molecular formula is C30H48O3. The molecule has 33 heavy (non-hydrogen) atoms. The topological polar surface area (TPSA) is 49.7 Å². The highest BCUT2D eigenvalue weighted by molar-refractivity contribution is 5.33. The van der Waals surface area contributed by atoms with Crippen LogP contribution in [0.1, 0.15) is 93.4 Å². The Morgan fingerprint density at radius 1 is 1.06 bits per heavy atom. The summed E-state index contributed by atoms with van der Waals surface area (Å²) in [5.41, 5.74) is 1.45. The minimum absolute atomic E-state index is 0.222. The maximum Gasteiger partial charge on any atom is 0.0972 e. The Labute approximate surface area is 202 Å². The average Bonchev–Trinajstić information content (AvgIpc) is 3.11. The molecule has 2 N–H and O–H groups in total. The van der Waals surface area contributed by atoms with Gasteiger partial charge in [0.1, 0.15) is 0 Å². The first-order chi connectivity index (χ1) is 15.3. The van der Waals surface area contributed by atoms with Crippen molar-refractivity contribution in [2.24, 2.45) is 45.3 Å². The molecule has 3 heteroatoms. The van der Waals surface area contributed by atoms with E-state index in [1.165, 1.54) is 31.3 Å². The van der Waals surface area contributed by atoms with Crippen LogP contribution in [-0.4, -0.2) is 34.6 Å². The number of allylic oxidation sites excluding steroid dienone is 2. The second-order valence-electron chi connectivity index (χ2n) is 14.0. The number of fused-ring (bicyclic) bond motifs is 2. The fraction of sp³-hybridized carbons (Fsp3) is 0.867. The Hall–Kier alpha value is -0.640. The van der Waals surface area contributed by atoms with Crippen LogP contribution >= 0.6 is 0 Å². The van der Waals surface area contributed by atoms with E-state index in [1.807, 2.05) is 6.08 Å². The van der Waals surface area contributed by atoms with Gasteiger partial charge in [0.2, 0.25) is 0 Å². The molecule has 0 aromatic carbocycles. The van der Waals surface area contributed by atoms with Gasteiger partial charge < -0.3 is 14.9 Å². The highest BCUT2D eigenvalue weighted by atomic mass is 16.5. The molecule has 10 atom stereocenters. The first-order valence-electron chi connectivity index (χ1n) is 13.7. The molecule has 0 radical (unpaired) electrons. The summed E-state index contributed by atoms with van der Waals surface area (Å²) < 4.78 is 6.82. The zero-order valence-corrected chi connectivity index (χ0v) is 22.2. The van der Waals surface area contributed by atoms with Gasteiger partial charge in [0.05, 0.1) is 24.4 Å². The second-order valence-corrected chi connectivity index (χ2v) is 14.0. The van der Waals surface area contributed by atoms with Crippen LogP contribution < -0.4 is 0 Å². The summed E-state index contributed by atoms with van der Waals surface area (Å²) in [6.45, 7) is 17.0. The van der Waals surface area contributed by atoms with E-state index in [1.54, 1.807) is 0 Å². The smallest absolute Gasteiger partial charge is 0.0972 e. The standard InChI is InChI=1S/C30H48O3/c1-19(2)16-21(31)17-20(3)22-10-12-28(7)23-11-13-30-24(8-9-25(32)26(30,4)5)29(23,18-33-30)15-14-27(22,28)6/h11,13,16,20-25,31-32H,8-10,12,14-15,17-18H2,1-7H3/t20-,21+,22-,23+,24+,25+,27-,28+,29?,30+/m1/s1. The van der Waals surface area contributed by atoms with E-state index in [9.17, 15) is 10.2 Å². The summed E-state index contributed by atoms with van der Waals surface area (Å²) in [5, 5.41) is 21.6. The fourth-order valence-corrected chi connectivity index (χ4v) is 10.2. The van der Waals surface area contributed by atoms with Gasteiger partial charge in [-0.05, 0) is 87.4 Å². The van der Waals surface area contributed by atoms with Gasteiger partial charge in [-0.3, -0.25) is 0 Å². The van der Waals surface area contributed by atoms with Crippen molar-refractivity contribution < 1.29 is 14.9 Å². The molecule has 1 heterocycles. The molecule has 1 aliphatic heterocycles. The van der Waals surface area contributed by atoms with E-state index < -0.39 is 0 Å². The fourth-order valence-electron chi connectivity index (χ4n) is 10.2. The first kappa shape index (κ1) is 24.1. The van der Waals surface area contributed by atoms with E-state index >= 15 is 0 Å². The highest BCUT2D eigenvalue weighted by Gasteiger charge is 2.75. The lowest BCUT2D eigenvalue weighted by Crippen LogP contribution is -2.64. The predicted molar refractivity (Wildman–Crippen MR) is 134 cm³/mol. The largest absolute Gasteiger partial charge is 0.392 e. The Bertz CT molecular complexity index is 855. The van der Waals surface area contributed by atoms with Crippen molar-refractivity contribution in [3.63, 3.8) is 0 Å². The number of hydrogen-bond donors (Lipinski definition) is 2. The number of rotatable bonds is 4. The lowest BCUT2D eigenvalue weighted by atomic mass is 9.38. The number of hydrogen-bond acceptors (Lipinski definition) is 3. The van der Waals surface area contributed by atoms with Crippen LogP contribution in [0.4, 0.5) is 0 Å². The van der Waals surface area contributed by atoms with Gasteiger partial charge in [0, 0.05) is 16.7 Å². The summed E-state index contributed by atoms with van der Waals surface area (Å²) in [5.74, 6) is 2.25. The van der Waals surface area contributed by atoms with E-state index in [4.69, 9.17) is 4.74 Å². The third-order valence-corrected chi connectivity index (χ3v) is 12.2. The maximum absolute atomic E-state index is 10.9. The average molecular weight is 457 g/mol. The zero-order valence-electron chi connectivity index (χ0n) is 22.2. The third kappa shape index (κ3) is 2.91. The molecular weight excluding hydrogens is 408 g/mol. The quantitative estimate of drug-likeness (QED) is 0.488. The number of ether oxygens (including phenoxy) is 1. The Morgan fingerprint density at radius 3 is 2.48 bits per heavy atom. The molecule has 0 aromatic heterocycles. The molecule has 186 valence electrons. The first-order valence-corrected chi connectivity index (χ1v) is 13.7. The van der Waals surface area contributed by atoms with Crippen molar-refractivity contribution in [1.29, 1.82) is 0 Å². The van der Waals surface area contributed by atoms with Gasteiger partial charge in [-0.15, -0.1) is 0 Å². The molecule has 3 saturated carbocycles. The minimum Gasteiger partial charge on any atom is -0.392 e. The normalized spacial score (nSPS) is 51.3. The monoisotopic (exact) mass is 456 g/mol. The summed E-state index contributed by atoms with van der Waals surface area (Å²) >= 11 is 0. The van der Waals surface area contributed by atoms with Gasteiger partial charge in [0.25, 0.3) is 0 Å². The van der Waals surface area contributed by atoms with E-state index in [0.717, 1.165) is 25.9 Å². The third-order valence-electron chi connectivity index (χ3n) is 12.2. The molecule has 2 bridgehead atoms. The van der Waals surface area contributed by atoms with Gasteiger partial charge in [-0.1, -0.05) is 58.4 Å². The summed E-state index contributed by atoms with van der Waals surface area (Å²) in [4.78, 5) is 0. The molecule has 0 amide bonds. The lowest BCUT2D eigenvalue weighted by molar-refractivity contribution is -0.169. The highest BCUT2D eigenvalue weighted by Crippen LogP contribution is 2.77. The number of aliphatic hydroxyl groups excluding tert-OH is 2. The van der Waals surface area contributed by atoms with Gasteiger partial charge in [-0.25, -0.2) is 0 Å². The van der Waals surface area contributed by atoms with Gasteiger partial charge in [-0.2, -0.15) is 0 Å². The molecule has 1 spiro atoms. The summed E-state index contributed by atoms with van der Waals surface area (Å²) in [6, 6.07) is 0. The maximum atomic E-state index is 10.9. The van der Waals surface area contributed by atoms with Crippen molar-refractivity contribution in [3.05, 3.63) is 23.8 Å². The van der Waals surface area contributed by atoms with Crippen LogP contribution in [0.3, 0.4) is 0 Å². The Morgan fingerprint density at radius 2 is 1.79 bits per heavy atom. The molecule has 4 fully saturated rings. The summed E-state index contributed by atoms with van der Waals surface area (Å²) in [7, 11) is 0. The van der Waals surface area contributed by atoms with E-state index in [0.29, 0.717) is 29.1 Å². The van der Waals surface area contributed by atoms with Crippen molar-refractivity contribution in [2.45, 2.75) is 111 Å². The van der Waals surface area contributed by atoms with Crippen molar-refractivity contribution >= 4 is 0 Å². The Kier molecular flexibility index (Phi) is 5.42. The molecule has 4 aliphatic carbocycles. The molecule has 0 aromatic rings. The van der Waals surface area contributed by atoms with Crippen LogP contribution in [-0.2, 0) is 4.74 Å². The molecule has 1 unspecified atom stereocenters. The van der Waals surface area contributed by atoms with Crippen LogP contribution in [0.5, 0.6) is 0 Å². The van der Waals surface area contributed by atoms with Crippen LogP contribution in [0.15, 0.2) is 23.8 Å². The van der Waals surface area contributed by atoms with Gasteiger partial charge in [0.15, 0.2) is 0 Å². The van der Waals surface area contributed by atoms with E-state index in [2.05, 4.69) is 60.6 Å². The van der Waals surface area contributed by atoms with Crippen molar-refractivity contribution in [1.82, 2.24) is 0 Å². The van der Waals surface area contributed by atoms with Crippen molar-refractivity contribution in [3.8, 4) is 0 Å². The zero-order chi connectivity index (χ0) is 24.0. The van der Waals surface area contributed by atoms with Crippen molar-refractivity contribution in [2.75, 3.05) is 6.61 Å². The summed E-state index contributed by atoms with van der Waals surface area (Å²) in [6.07, 6.45) is 14.3. The number of aliphatic hydroxyl groups is 2. The Balaban J connectivity index is 1.48. The van der Waals surface area contributed by atoms with Crippen LogP contribution in [0.25, 0.3) is 0 Å². The molecule has 5 rings (SSSR count). The van der Waals surface area contributed by atoms with E-state index in [-0.39, 0.29) is 34.1 Å². The predicted octanol–water partition coefficient (Wildman–Crippen LogP) is 6.29.